The number of rotatable bonds is 1. The van der Waals surface area contributed by atoms with Crippen LogP contribution in [-0.2, 0) is 0 Å². The Bertz CT molecular complexity index is 116. The minimum atomic E-state index is 0.123. The van der Waals surface area contributed by atoms with E-state index in [1.54, 1.807) is 0 Å². The van der Waals surface area contributed by atoms with E-state index in [9.17, 15) is 0 Å². The molecule has 1 heterocycles. The lowest BCUT2D eigenvalue weighted by atomic mass is 9.75. The first kappa shape index (κ1) is 8.02. The Hall–Kier alpha value is -0.0800. The van der Waals surface area contributed by atoms with E-state index >= 15 is 0 Å². The van der Waals surface area contributed by atoms with Crippen LogP contribution in [0.15, 0.2) is 0 Å². The summed E-state index contributed by atoms with van der Waals surface area (Å²) in [5.41, 5.74) is 0.123. The lowest BCUT2D eigenvalue weighted by molar-refractivity contribution is 0.0625. The Morgan fingerprint density at radius 2 is 2.40 bits per heavy atom. The van der Waals surface area contributed by atoms with Crippen molar-refractivity contribution in [3.05, 3.63) is 0 Å². The van der Waals surface area contributed by atoms with Crippen LogP contribution < -0.4 is 5.32 Å². The van der Waals surface area contributed by atoms with Gasteiger partial charge in [0, 0.05) is 18.6 Å². The maximum atomic E-state index is 9.08. The van der Waals surface area contributed by atoms with Crippen molar-refractivity contribution in [2.24, 2.45) is 11.3 Å². The predicted molar refractivity (Wildman–Crippen MR) is 41.8 cm³/mol. The Morgan fingerprint density at radius 3 is 2.80 bits per heavy atom. The van der Waals surface area contributed by atoms with Gasteiger partial charge in [-0.2, -0.15) is 0 Å². The summed E-state index contributed by atoms with van der Waals surface area (Å²) in [5, 5.41) is 12.4. The van der Waals surface area contributed by atoms with Crippen LogP contribution in [0.4, 0.5) is 0 Å². The van der Waals surface area contributed by atoms with E-state index in [2.05, 4.69) is 19.2 Å². The average Bonchev–Trinajstić information content (AvgIpc) is 1.96. The maximum Gasteiger partial charge on any atom is 0.0499 e. The van der Waals surface area contributed by atoms with Crippen molar-refractivity contribution in [3.8, 4) is 0 Å². The predicted octanol–water partition coefficient (Wildman–Crippen LogP) is 0.614. The fourth-order valence-corrected chi connectivity index (χ4v) is 1.43. The van der Waals surface area contributed by atoms with Gasteiger partial charge in [0.2, 0.25) is 0 Å². The molecule has 0 spiro atoms. The fourth-order valence-electron chi connectivity index (χ4n) is 1.43. The van der Waals surface area contributed by atoms with Crippen molar-refractivity contribution in [2.45, 2.75) is 20.3 Å². The molecule has 1 saturated heterocycles. The van der Waals surface area contributed by atoms with E-state index in [-0.39, 0.29) is 5.41 Å². The molecule has 1 aliphatic heterocycles. The third kappa shape index (κ3) is 1.32. The smallest absolute Gasteiger partial charge is 0.0499 e. The number of piperidine rings is 1. The zero-order valence-corrected chi connectivity index (χ0v) is 6.85. The molecule has 0 aromatic rings. The van der Waals surface area contributed by atoms with E-state index in [4.69, 9.17) is 5.11 Å². The topological polar surface area (TPSA) is 32.3 Å². The van der Waals surface area contributed by atoms with Crippen molar-refractivity contribution in [1.29, 1.82) is 0 Å². The van der Waals surface area contributed by atoms with Gasteiger partial charge < -0.3 is 10.4 Å². The molecular weight excluding hydrogens is 126 g/mol. The first-order chi connectivity index (χ1) is 4.69. The molecule has 2 atom stereocenters. The lowest BCUT2D eigenvalue weighted by Crippen LogP contribution is -2.45. The molecule has 2 N–H and O–H groups in total. The van der Waals surface area contributed by atoms with Crippen molar-refractivity contribution >= 4 is 0 Å². The SMILES string of the molecule is CC1CCNCC1(C)CO. The summed E-state index contributed by atoms with van der Waals surface area (Å²) >= 11 is 0. The standard InChI is InChI=1S/C8H17NO/c1-7-3-4-9-5-8(7,2)6-10/h7,9-10H,3-6H2,1-2H3. The highest BCUT2D eigenvalue weighted by molar-refractivity contribution is 4.85. The van der Waals surface area contributed by atoms with Gasteiger partial charge in [0.25, 0.3) is 0 Å². The Kier molecular flexibility index (Phi) is 2.32. The molecule has 2 nitrogen and oxygen atoms in total. The number of hydrogen-bond acceptors (Lipinski definition) is 2. The van der Waals surface area contributed by atoms with Crippen molar-refractivity contribution < 1.29 is 5.11 Å². The molecular formula is C8H17NO. The number of aliphatic hydroxyl groups is 1. The van der Waals surface area contributed by atoms with Crippen LogP contribution in [0.5, 0.6) is 0 Å². The van der Waals surface area contributed by atoms with Crippen LogP contribution in [0.1, 0.15) is 20.3 Å². The van der Waals surface area contributed by atoms with Gasteiger partial charge in [-0.3, -0.25) is 0 Å². The van der Waals surface area contributed by atoms with Gasteiger partial charge >= 0.3 is 0 Å². The third-order valence-corrected chi connectivity index (χ3v) is 2.83. The summed E-state index contributed by atoms with van der Waals surface area (Å²) in [6, 6.07) is 0. The molecule has 0 radical (unpaired) electrons. The first-order valence-electron chi connectivity index (χ1n) is 4.00. The van der Waals surface area contributed by atoms with Gasteiger partial charge in [-0.05, 0) is 18.9 Å². The van der Waals surface area contributed by atoms with E-state index < -0.39 is 0 Å². The highest BCUT2D eigenvalue weighted by Gasteiger charge is 2.32. The molecule has 1 rings (SSSR count). The Labute approximate surface area is 62.6 Å². The highest BCUT2D eigenvalue weighted by atomic mass is 16.3. The summed E-state index contributed by atoms with van der Waals surface area (Å²) in [5.74, 6) is 0.652. The van der Waals surface area contributed by atoms with Gasteiger partial charge in [-0.1, -0.05) is 13.8 Å². The molecule has 60 valence electrons. The third-order valence-electron chi connectivity index (χ3n) is 2.83. The molecule has 2 heteroatoms. The average molecular weight is 143 g/mol. The summed E-state index contributed by atoms with van der Waals surface area (Å²) < 4.78 is 0. The molecule has 1 fully saturated rings. The van der Waals surface area contributed by atoms with Crippen LogP contribution in [0, 0.1) is 11.3 Å². The second-order valence-electron chi connectivity index (χ2n) is 3.68. The number of aliphatic hydroxyl groups excluding tert-OH is 1. The van der Waals surface area contributed by atoms with Gasteiger partial charge in [0.05, 0.1) is 0 Å². The Balaban J connectivity index is 2.54. The molecule has 0 amide bonds. The second-order valence-corrected chi connectivity index (χ2v) is 3.68. The van der Waals surface area contributed by atoms with Crippen LogP contribution in [-0.4, -0.2) is 24.8 Å². The van der Waals surface area contributed by atoms with Gasteiger partial charge in [0.15, 0.2) is 0 Å². The molecule has 0 aromatic carbocycles. The van der Waals surface area contributed by atoms with Crippen LogP contribution >= 0.6 is 0 Å². The molecule has 0 bridgehead atoms. The zero-order chi connectivity index (χ0) is 7.61. The summed E-state index contributed by atoms with van der Waals surface area (Å²) in [6.45, 7) is 6.74. The number of nitrogens with one attached hydrogen (secondary N) is 1. The lowest BCUT2D eigenvalue weighted by Gasteiger charge is -2.38. The van der Waals surface area contributed by atoms with Gasteiger partial charge in [-0.25, -0.2) is 0 Å². The zero-order valence-electron chi connectivity index (χ0n) is 6.85. The van der Waals surface area contributed by atoms with E-state index in [0.29, 0.717) is 12.5 Å². The molecule has 0 aliphatic carbocycles. The Morgan fingerprint density at radius 1 is 1.70 bits per heavy atom. The van der Waals surface area contributed by atoms with Crippen molar-refractivity contribution in [3.63, 3.8) is 0 Å². The molecule has 10 heavy (non-hydrogen) atoms. The maximum absolute atomic E-state index is 9.08. The summed E-state index contributed by atoms with van der Waals surface area (Å²) in [6.07, 6.45) is 1.19. The molecule has 1 aliphatic rings. The van der Waals surface area contributed by atoms with E-state index in [0.717, 1.165) is 13.1 Å². The summed E-state index contributed by atoms with van der Waals surface area (Å²) in [7, 11) is 0. The second kappa shape index (κ2) is 2.89. The molecule has 0 saturated carbocycles. The van der Waals surface area contributed by atoms with Gasteiger partial charge in [-0.15, -0.1) is 0 Å². The van der Waals surface area contributed by atoms with Crippen LogP contribution in [0.3, 0.4) is 0 Å². The van der Waals surface area contributed by atoms with Gasteiger partial charge in [0.1, 0.15) is 0 Å². The van der Waals surface area contributed by atoms with Crippen LogP contribution in [0.2, 0.25) is 0 Å². The minimum absolute atomic E-state index is 0.123. The van der Waals surface area contributed by atoms with E-state index in [1.165, 1.54) is 6.42 Å². The van der Waals surface area contributed by atoms with E-state index in [1.807, 2.05) is 0 Å². The molecule has 0 aromatic heterocycles. The monoisotopic (exact) mass is 143 g/mol. The van der Waals surface area contributed by atoms with Crippen molar-refractivity contribution in [1.82, 2.24) is 5.32 Å². The number of hydrogen-bond donors (Lipinski definition) is 2. The quantitative estimate of drug-likeness (QED) is 0.564. The highest BCUT2D eigenvalue weighted by Crippen LogP contribution is 2.30. The first-order valence-corrected chi connectivity index (χ1v) is 4.00. The largest absolute Gasteiger partial charge is 0.396 e. The molecule has 2 unspecified atom stereocenters. The minimum Gasteiger partial charge on any atom is -0.396 e. The van der Waals surface area contributed by atoms with Crippen LogP contribution in [0.25, 0.3) is 0 Å². The summed E-state index contributed by atoms with van der Waals surface area (Å²) in [4.78, 5) is 0. The normalized spacial score (nSPS) is 41.7. The van der Waals surface area contributed by atoms with Crippen molar-refractivity contribution in [2.75, 3.05) is 19.7 Å². The fraction of sp³-hybridized carbons (Fsp3) is 1.00.